The fraction of sp³-hybridized carbons (Fsp3) is 0.286. The molecule has 7 heteroatoms. The lowest BCUT2D eigenvalue weighted by Gasteiger charge is -2.06. The molecule has 1 amide bonds. The molecule has 0 unspecified atom stereocenters. The van der Waals surface area contributed by atoms with Gasteiger partial charge in [-0.15, -0.1) is 0 Å². The summed E-state index contributed by atoms with van der Waals surface area (Å²) in [6, 6.07) is 4.60. The van der Waals surface area contributed by atoms with Crippen molar-refractivity contribution in [2.24, 2.45) is 7.05 Å². The summed E-state index contributed by atoms with van der Waals surface area (Å²) in [5.41, 5.74) is 2.76. The van der Waals surface area contributed by atoms with E-state index in [4.69, 9.17) is 0 Å². The fourth-order valence-corrected chi connectivity index (χ4v) is 2.18. The van der Waals surface area contributed by atoms with Crippen molar-refractivity contribution in [1.82, 2.24) is 9.78 Å². The summed E-state index contributed by atoms with van der Waals surface area (Å²) in [4.78, 5) is 22.8. The Morgan fingerprint density at radius 1 is 1.33 bits per heavy atom. The average Bonchev–Trinajstić information content (AvgIpc) is 2.65. The predicted octanol–water partition coefficient (Wildman–Crippen LogP) is 2.51. The lowest BCUT2D eigenvalue weighted by Crippen LogP contribution is -2.14. The molecule has 0 spiro atoms. The summed E-state index contributed by atoms with van der Waals surface area (Å²) < 4.78 is 1.63. The Balaban J connectivity index is 2.32. The Hall–Kier alpha value is -2.70. The second kappa shape index (κ2) is 5.35. The van der Waals surface area contributed by atoms with Gasteiger partial charge in [-0.05, 0) is 26.8 Å². The van der Waals surface area contributed by atoms with Gasteiger partial charge in [-0.2, -0.15) is 5.10 Å². The topological polar surface area (TPSA) is 90.1 Å². The van der Waals surface area contributed by atoms with Crippen molar-refractivity contribution < 1.29 is 9.72 Å². The van der Waals surface area contributed by atoms with Crippen molar-refractivity contribution in [3.8, 4) is 0 Å². The molecular weight excluding hydrogens is 272 g/mol. The van der Waals surface area contributed by atoms with Crippen molar-refractivity contribution in [2.75, 3.05) is 5.32 Å². The van der Waals surface area contributed by atoms with Gasteiger partial charge in [0.2, 0.25) is 0 Å². The Kier molecular flexibility index (Phi) is 3.75. The third-order valence-corrected chi connectivity index (χ3v) is 3.40. The number of nitro benzene ring substituents is 1. The number of nitrogens with zero attached hydrogens (tertiary/aromatic N) is 3. The van der Waals surface area contributed by atoms with Gasteiger partial charge in [-0.25, -0.2) is 0 Å². The van der Waals surface area contributed by atoms with Gasteiger partial charge in [-0.1, -0.05) is 6.07 Å². The minimum absolute atomic E-state index is 0.0209. The molecule has 0 bridgehead atoms. The molecule has 0 saturated carbocycles. The summed E-state index contributed by atoms with van der Waals surface area (Å²) in [7, 11) is 1.76. The van der Waals surface area contributed by atoms with Crippen LogP contribution in [0.25, 0.3) is 0 Å². The highest BCUT2D eigenvalue weighted by Crippen LogP contribution is 2.23. The molecule has 1 aromatic heterocycles. The Morgan fingerprint density at radius 3 is 2.52 bits per heavy atom. The van der Waals surface area contributed by atoms with E-state index >= 15 is 0 Å². The van der Waals surface area contributed by atoms with Crippen LogP contribution in [0, 0.1) is 30.9 Å². The maximum Gasteiger partial charge on any atom is 0.274 e. The second-order valence-corrected chi connectivity index (χ2v) is 4.88. The first kappa shape index (κ1) is 14.7. The lowest BCUT2D eigenvalue weighted by molar-refractivity contribution is -0.385. The molecule has 7 nitrogen and oxygen atoms in total. The molecule has 0 atom stereocenters. The number of hydrogen-bond acceptors (Lipinski definition) is 4. The van der Waals surface area contributed by atoms with Gasteiger partial charge in [0, 0.05) is 30.1 Å². The molecule has 0 aliphatic rings. The van der Waals surface area contributed by atoms with Gasteiger partial charge in [0.05, 0.1) is 16.2 Å². The summed E-state index contributed by atoms with van der Waals surface area (Å²) in [5.74, 6) is -0.323. The van der Waals surface area contributed by atoms with Crippen molar-refractivity contribution in [2.45, 2.75) is 20.8 Å². The van der Waals surface area contributed by atoms with Gasteiger partial charge in [0.25, 0.3) is 11.6 Å². The van der Waals surface area contributed by atoms with E-state index in [1.807, 2.05) is 0 Å². The molecule has 0 radical (unpaired) electrons. The number of benzene rings is 1. The van der Waals surface area contributed by atoms with E-state index < -0.39 is 4.92 Å². The molecule has 1 aromatic carbocycles. The number of aryl methyl sites for hydroxylation is 3. The van der Waals surface area contributed by atoms with Crippen molar-refractivity contribution >= 4 is 17.3 Å². The van der Waals surface area contributed by atoms with Gasteiger partial charge in [0.15, 0.2) is 0 Å². The zero-order valence-corrected chi connectivity index (χ0v) is 12.3. The SMILES string of the molecule is Cc1ccc(NC(=O)c2c(C)nn(C)c2C)cc1[N+](=O)[O-]. The van der Waals surface area contributed by atoms with Crippen molar-refractivity contribution in [3.05, 3.63) is 50.8 Å². The van der Waals surface area contributed by atoms with E-state index in [-0.39, 0.29) is 11.6 Å². The second-order valence-electron chi connectivity index (χ2n) is 4.88. The highest BCUT2D eigenvalue weighted by molar-refractivity contribution is 6.06. The Morgan fingerprint density at radius 2 is 2.00 bits per heavy atom. The first-order valence-corrected chi connectivity index (χ1v) is 6.38. The summed E-state index contributed by atoms with van der Waals surface area (Å²) in [5, 5.41) is 17.8. The minimum atomic E-state index is -0.467. The molecule has 1 heterocycles. The van der Waals surface area contributed by atoms with Gasteiger partial charge >= 0.3 is 0 Å². The van der Waals surface area contributed by atoms with Crippen LogP contribution >= 0.6 is 0 Å². The fourth-order valence-electron chi connectivity index (χ4n) is 2.18. The molecule has 2 rings (SSSR count). The molecule has 0 aliphatic carbocycles. The van der Waals surface area contributed by atoms with E-state index in [0.717, 1.165) is 5.69 Å². The number of anilines is 1. The van der Waals surface area contributed by atoms with Crippen LogP contribution in [0.2, 0.25) is 0 Å². The van der Waals surface area contributed by atoms with Crippen LogP contribution in [0.3, 0.4) is 0 Å². The summed E-state index contributed by atoms with van der Waals surface area (Å²) in [6.45, 7) is 5.20. The van der Waals surface area contributed by atoms with Crippen LogP contribution in [0.4, 0.5) is 11.4 Å². The Bertz CT molecular complexity index is 734. The third kappa shape index (κ3) is 2.76. The zero-order valence-electron chi connectivity index (χ0n) is 12.3. The number of nitro groups is 1. The molecule has 1 N–H and O–H groups in total. The van der Waals surface area contributed by atoms with Gasteiger partial charge < -0.3 is 5.32 Å². The first-order valence-electron chi connectivity index (χ1n) is 6.38. The maximum atomic E-state index is 12.3. The van der Waals surface area contributed by atoms with E-state index in [0.29, 0.717) is 22.5 Å². The van der Waals surface area contributed by atoms with E-state index in [1.54, 1.807) is 44.6 Å². The van der Waals surface area contributed by atoms with Crippen LogP contribution in [0.5, 0.6) is 0 Å². The molecule has 21 heavy (non-hydrogen) atoms. The molecule has 0 fully saturated rings. The number of hydrogen-bond donors (Lipinski definition) is 1. The number of nitrogens with one attached hydrogen (secondary N) is 1. The smallest absolute Gasteiger partial charge is 0.274 e. The number of rotatable bonds is 3. The minimum Gasteiger partial charge on any atom is -0.322 e. The predicted molar refractivity (Wildman–Crippen MR) is 78.5 cm³/mol. The number of carbonyl (C=O) groups excluding carboxylic acids is 1. The lowest BCUT2D eigenvalue weighted by atomic mass is 10.1. The van der Waals surface area contributed by atoms with E-state index in [1.165, 1.54) is 6.07 Å². The molecule has 0 aliphatic heterocycles. The highest BCUT2D eigenvalue weighted by atomic mass is 16.6. The van der Waals surface area contributed by atoms with Crippen LogP contribution < -0.4 is 5.32 Å². The normalized spacial score (nSPS) is 10.5. The van der Waals surface area contributed by atoms with Crippen LogP contribution in [0.15, 0.2) is 18.2 Å². The molecule has 0 saturated heterocycles. The highest BCUT2D eigenvalue weighted by Gasteiger charge is 2.18. The van der Waals surface area contributed by atoms with Crippen LogP contribution in [-0.2, 0) is 7.05 Å². The van der Waals surface area contributed by atoms with Crippen molar-refractivity contribution in [3.63, 3.8) is 0 Å². The monoisotopic (exact) mass is 288 g/mol. The third-order valence-electron chi connectivity index (χ3n) is 3.40. The van der Waals surface area contributed by atoms with Crippen LogP contribution in [-0.4, -0.2) is 20.6 Å². The van der Waals surface area contributed by atoms with Crippen LogP contribution in [0.1, 0.15) is 27.3 Å². The average molecular weight is 288 g/mol. The number of amides is 1. The maximum absolute atomic E-state index is 12.3. The molecular formula is C14H16N4O3. The standard InChI is InChI=1S/C14H16N4O3/c1-8-5-6-11(7-12(8)18(20)21)15-14(19)13-9(2)16-17(4)10(13)3/h5-7H,1-4H3,(H,15,19). The molecule has 110 valence electrons. The number of aromatic nitrogens is 2. The number of carbonyl (C=O) groups is 1. The van der Waals surface area contributed by atoms with E-state index in [2.05, 4.69) is 10.4 Å². The van der Waals surface area contributed by atoms with Gasteiger partial charge in [0.1, 0.15) is 0 Å². The largest absolute Gasteiger partial charge is 0.322 e. The first-order chi connectivity index (χ1) is 9.81. The summed E-state index contributed by atoms with van der Waals surface area (Å²) >= 11 is 0. The zero-order chi connectivity index (χ0) is 15.7. The van der Waals surface area contributed by atoms with Gasteiger partial charge in [-0.3, -0.25) is 19.6 Å². The van der Waals surface area contributed by atoms with Crippen molar-refractivity contribution in [1.29, 1.82) is 0 Å². The quantitative estimate of drug-likeness (QED) is 0.694. The molecule has 2 aromatic rings. The summed E-state index contributed by atoms with van der Waals surface area (Å²) in [6.07, 6.45) is 0. The Labute approximate surface area is 121 Å². The van der Waals surface area contributed by atoms with E-state index in [9.17, 15) is 14.9 Å².